The van der Waals surface area contributed by atoms with Crippen molar-refractivity contribution >= 4 is 5.91 Å². The summed E-state index contributed by atoms with van der Waals surface area (Å²) in [5.74, 6) is 0.115. The number of nitrogens with one attached hydrogen (secondary N) is 1. The molecule has 1 aliphatic carbocycles. The van der Waals surface area contributed by atoms with E-state index in [9.17, 15) is 4.79 Å². The van der Waals surface area contributed by atoms with Gasteiger partial charge in [0, 0.05) is 12.6 Å². The van der Waals surface area contributed by atoms with Crippen LogP contribution < -0.4 is 5.32 Å². The molecule has 4 nitrogen and oxygen atoms in total. The number of nitrogens with zero attached hydrogens (tertiary/aromatic N) is 1. The van der Waals surface area contributed by atoms with Crippen molar-refractivity contribution in [3.63, 3.8) is 0 Å². The lowest BCUT2D eigenvalue weighted by atomic mass is 10.1. The molecule has 1 saturated carbocycles. The number of hydrogen-bond donors (Lipinski definition) is 2. The van der Waals surface area contributed by atoms with Gasteiger partial charge in [0.05, 0.1) is 13.2 Å². The fraction of sp³-hybridized carbons (Fsp3) is 0.929. The van der Waals surface area contributed by atoms with Gasteiger partial charge in [0.2, 0.25) is 5.91 Å². The molecule has 0 atom stereocenters. The largest absolute Gasteiger partial charge is 0.395 e. The van der Waals surface area contributed by atoms with Crippen molar-refractivity contribution < 1.29 is 9.90 Å². The molecule has 18 heavy (non-hydrogen) atoms. The number of carbonyl (C=O) groups excluding carboxylic acids is 1. The van der Waals surface area contributed by atoms with Crippen molar-refractivity contribution in [1.29, 1.82) is 0 Å². The van der Waals surface area contributed by atoms with Gasteiger partial charge < -0.3 is 10.4 Å². The molecule has 1 fully saturated rings. The van der Waals surface area contributed by atoms with Crippen LogP contribution in [0.15, 0.2) is 0 Å². The predicted octanol–water partition coefficient (Wildman–Crippen LogP) is 1.53. The summed E-state index contributed by atoms with van der Waals surface area (Å²) in [6, 6.07) is 0.373. The fourth-order valence-electron chi connectivity index (χ4n) is 2.63. The summed E-state index contributed by atoms with van der Waals surface area (Å²) in [6.45, 7) is 4.10. The van der Waals surface area contributed by atoms with E-state index in [1.807, 2.05) is 4.90 Å². The molecule has 2 N–H and O–H groups in total. The van der Waals surface area contributed by atoms with Crippen LogP contribution in [0.4, 0.5) is 0 Å². The summed E-state index contributed by atoms with van der Waals surface area (Å²) in [6.07, 6.45) is 8.34. The van der Waals surface area contributed by atoms with E-state index < -0.39 is 0 Å². The molecule has 0 radical (unpaired) electrons. The molecule has 0 aromatic heterocycles. The highest BCUT2D eigenvalue weighted by Crippen LogP contribution is 2.17. The molecule has 0 bridgehead atoms. The van der Waals surface area contributed by atoms with Crippen LogP contribution in [0.25, 0.3) is 0 Å². The Balaban J connectivity index is 2.29. The molecule has 0 aliphatic heterocycles. The standard InChI is InChI=1S/C14H28N2O2/c1-2-9-16(10-11-17)12-14(18)15-13-7-5-3-4-6-8-13/h13,17H,2-12H2,1H3,(H,15,18). The van der Waals surface area contributed by atoms with Crippen LogP contribution in [0, 0.1) is 0 Å². The Bertz CT molecular complexity index is 214. The average Bonchev–Trinajstić information content (AvgIpc) is 2.58. The summed E-state index contributed by atoms with van der Waals surface area (Å²) < 4.78 is 0. The maximum Gasteiger partial charge on any atom is 0.234 e. The lowest BCUT2D eigenvalue weighted by Crippen LogP contribution is -2.43. The summed E-state index contributed by atoms with van der Waals surface area (Å²) >= 11 is 0. The third-order valence-corrected chi connectivity index (χ3v) is 3.54. The third-order valence-electron chi connectivity index (χ3n) is 3.54. The Morgan fingerprint density at radius 1 is 1.22 bits per heavy atom. The van der Waals surface area contributed by atoms with E-state index in [4.69, 9.17) is 5.11 Å². The summed E-state index contributed by atoms with van der Waals surface area (Å²) in [5, 5.41) is 12.1. The van der Waals surface area contributed by atoms with Crippen molar-refractivity contribution in [2.45, 2.75) is 57.9 Å². The van der Waals surface area contributed by atoms with E-state index in [-0.39, 0.29) is 12.5 Å². The molecular weight excluding hydrogens is 228 g/mol. The molecule has 106 valence electrons. The summed E-state index contributed by atoms with van der Waals surface area (Å²) in [7, 11) is 0. The SMILES string of the molecule is CCCN(CCO)CC(=O)NC1CCCCCC1. The van der Waals surface area contributed by atoms with Crippen LogP contribution in [0.2, 0.25) is 0 Å². The van der Waals surface area contributed by atoms with Gasteiger partial charge in [-0.2, -0.15) is 0 Å². The molecule has 0 spiro atoms. The van der Waals surface area contributed by atoms with E-state index >= 15 is 0 Å². The van der Waals surface area contributed by atoms with Crippen LogP contribution in [0.1, 0.15) is 51.9 Å². The second kappa shape index (κ2) is 9.34. The van der Waals surface area contributed by atoms with E-state index in [1.54, 1.807) is 0 Å². The Morgan fingerprint density at radius 3 is 2.44 bits per heavy atom. The first-order chi connectivity index (χ1) is 8.76. The second-order valence-corrected chi connectivity index (χ2v) is 5.26. The third kappa shape index (κ3) is 6.36. The lowest BCUT2D eigenvalue weighted by Gasteiger charge is -2.22. The minimum Gasteiger partial charge on any atom is -0.395 e. The van der Waals surface area contributed by atoms with E-state index in [0.29, 0.717) is 19.1 Å². The molecule has 0 aromatic carbocycles. The first-order valence-electron chi connectivity index (χ1n) is 7.38. The van der Waals surface area contributed by atoms with Crippen LogP contribution in [-0.2, 0) is 4.79 Å². The van der Waals surface area contributed by atoms with Gasteiger partial charge in [-0.1, -0.05) is 32.6 Å². The number of rotatable bonds is 7. The maximum atomic E-state index is 11.9. The Morgan fingerprint density at radius 2 is 1.89 bits per heavy atom. The molecule has 0 unspecified atom stereocenters. The predicted molar refractivity (Wildman–Crippen MR) is 73.4 cm³/mol. The number of carbonyl (C=O) groups is 1. The monoisotopic (exact) mass is 256 g/mol. The van der Waals surface area contributed by atoms with Crippen LogP contribution in [-0.4, -0.2) is 48.2 Å². The zero-order valence-corrected chi connectivity index (χ0v) is 11.7. The Kier molecular flexibility index (Phi) is 8.01. The summed E-state index contributed by atoms with van der Waals surface area (Å²) in [5.41, 5.74) is 0. The Hall–Kier alpha value is -0.610. The number of hydrogen-bond acceptors (Lipinski definition) is 3. The van der Waals surface area contributed by atoms with Crippen LogP contribution in [0.5, 0.6) is 0 Å². The minimum atomic E-state index is 0.115. The van der Waals surface area contributed by atoms with Gasteiger partial charge in [-0.05, 0) is 25.8 Å². The van der Waals surface area contributed by atoms with Gasteiger partial charge >= 0.3 is 0 Å². The molecule has 0 saturated heterocycles. The van der Waals surface area contributed by atoms with Crippen LogP contribution in [0.3, 0.4) is 0 Å². The minimum absolute atomic E-state index is 0.115. The zero-order valence-electron chi connectivity index (χ0n) is 11.7. The van der Waals surface area contributed by atoms with Crippen molar-refractivity contribution in [3.8, 4) is 0 Å². The molecule has 1 amide bonds. The quantitative estimate of drug-likeness (QED) is 0.679. The van der Waals surface area contributed by atoms with Crippen molar-refractivity contribution in [1.82, 2.24) is 10.2 Å². The molecule has 0 aromatic rings. The Labute approximate surface area is 111 Å². The molecule has 1 aliphatic rings. The van der Waals surface area contributed by atoms with Gasteiger partial charge in [-0.3, -0.25) is 9.69 Å². The molecule has 0 heterocycles. The first kappa shape index (κ1) is 15.4. The molecular formula is C14H28N2O2. The highest BCUT2D eigenvalue weighted by molar-refractivity contribution is 5.78. The van der Waals surface area contributed by atoms with Gasteiger partial charge in [-0.25, -0.2) is 0 Å². The summed E-state index contributed by atoms with van der Waals surface area (Å²) in [4.78, 5) is 14.0. The number of aliphatic hydroxyl groups excluding tert-OH is 1. The van der Waals surface area contributed by atoms with Crippen molar-refractivity contribution in [3.05, 3.63) is 0 Å². The van der Waals surface area contributed by atoms with Gasteiger partial charge in [0.25, 0.3) is 0 Å². The van der Waals surface area contributed by atoms with Crippen molar-refractivity contribution in [2.24, 2.45) is 0 Å². The van der Waals surface area contributed by atoms with E-state index in [1.165, 1.54) is 25.7 Å². The van der Waals surface area contributed by atoms with Crippen LogP contribution >= 0.6 is 0 Å². The second-order valence-electron chi connectivity index (χ2n) is 5.26. The lowest BCUT2D eigenvalue weighted by molar-refractivity contribution is -0.123. The fourth-order valence-corrected chi connectivity index (χ4v) is 2.63. The first-order valence-corrected chi connectivity index (χ1v) is 7.38. The highest BCUT2D eigenvalue weighted by Gasteiger charge is 2.16. The topological polar surface area (TPSA) is 52.6 Å². The number of aliphatic hydroxyl groups is 1. The molecule has 4 heteroatoms. The van der Waals surface area contributed by atoms with E-state index in [2.05, 4.69) is 12.2 Å². The average molecular weight is 256 g/mol. The normalized spacial score (nSPS) is 17.7. The molecule has 1 rings (SSSR count). The van der Waals surface area contributed by atoms with Gasteiger partial charge in [0.15, 0.2) is 0 Å². The smallest absolute Gasteiger partial charge is 0.234 e. The van der Waals surface area contributed by atoms with Gasteiger partial charge in [0.1, 0.15) is 0 Å². The van der Waals surface area contributed by atoms with E-state index in [0.717, 1.165) is 25.8 Å². The number of amides is 1. The van der Waals surface area contributed by atoms with Crippen molar-refractivity contribution in [2.75, 3.05) is 26.2 Å². The highest BCUT2D eigenvalue weighted by atomic mass is 16.3. The van der Waals surface area contributed by atoms with Gasteiger partial charge in [-0.15, -0.1) is 0 Å². The zero-order chi connectivity index (χ0) is 13.2. The maximum absolute atomic E-state index is 11.9.